The largest absolute Gasteiger partial charge is 0.371 e. The Labute approximate surface area is 137 Å². The molecule has 1 fully saturated rings. The molecule has 2 aromatic rings. The Morgan fingerprint density at radius 2 is 1.83 bits per heavy atom. The summed E-state index contributed by atoms with van der Waals surface area (Å²) in [7, 11) is 0. The maximum atomic E-state index is 12.5. The van der Waals surface area contributed by atoms with Crippen LogP contribution in [0.25, 0.3) is 5.69 Å². The summed E-state index contributed by atoms with van der Waals surface area (Å²) in [5.41, 5.74) is 3.91. The summed E-state index contributed by atoms with van der Waals surface area (Å²) in [6.07, 6.45) is 2.23. The van der Waals surface area contributed by atoms with Crippen molar-refractivity contribution in [3.05, 3.63) is 41.7 Å². The lowest BCUT2D eigenvalue weighted by Gasteiger charge is -2.22. The Kier molecular flexibility index (Phi) is 4.37. The second-order valence-electron chi connectivity index (χ2n) is 6.19. The predicted molar refractivity (Wildman–Crippen MR) is 91.9 cm³/mol. The number of hydrogen-bond donors (Lipinski definition) is 1. The first kappa shape index (κ1) is 15.6. The van der Waals surface area contributed by atoms with E-state index < -0.39 is 0 Å². The lowest BCUT2D eigenvalue weighted by Crippen LogP contribution is -2.39. The smallest absolute Gasteiger partial charge is 0.244 e. The van der Waals surface area contributed by atoms with E-state index in [1.165, 1.54) is 0 Å². The fraction of sp³-hybridized carbons (Fsp3) is 0.444. The molecule has 0 aliphatic carbocycles. The van der Waals surface area contributed by atoms with Crippen molar-refractivity contribution in [2.24, 2.45) is 0 Å². The van der Waals surface area contributed by atoms with Gasteiger partial charge in [-0.05, 0) is 45.7 Å². The van der Waals surface area contributed by atoms with E-state index in [9.17, 15) is 4.79 Å². The summed E-state index contributed by atoms with van der Waals surface area (Å²) in [6.45, 7) is 7.70. The quantitative estimate of drug-likeness (QED) is 0.944. The van der Waals surface area contributed by atoms with Crippen molar-refractivity contribution in [1.82, 2.24) is 14.7 Å². The van der Waals surface area contributed by atoms with Gasteiger partial charge in [-0.3, -0.25) is 4.79 Å². The SMILES string of the molecule is Cc1nn(-c2ccccc2)c(C)c1NC(C)C(=O)N1CCCC1. The first-order valence-corrected chi connectivity index (χ1v) is 8.25. The molecule has 5 heteroatoms. The van der Waals surface area contributed by atoms with Gasteiger partial charge in [-0.2, -0.15) is 5.10 Å². The highest BCUT2D eigenvalue weighted by molar-refractivity contribution is 5.85. The Morgan fingerprint density at radius 3 is 2.48 bits per heavy atom. The number of carbonyl (C=O) groups excluding carboxylic acids is 1. The molecule has 0 bridgehead atoms. The summed E-state index contributed by atoms with van der Waals surface area (Å²) in [4.78, 5) is 14.4. The van der Waals surface area contributed by atoms with Crippen LogP contribution in [0.15, 0.2) is 30.3 Å². The maximum Gasteiger partial charge on any atom is 0.244 e. The van der Waals surface area contributed by atoms with Crippen molar-refractivity contribution in [2.75, 3.05) is 18.4 Å². The average Bonchev–Trinajstić information content (AvgIpc) is 3.19. The third kappa shape index (κ3) is 3.09. The van der Waals surface area contributed by atoms with E-state index in [0.29, 0.717) is 0 Å². The van der Waals surface area contributed by atoms with Gasteiger partial charge in [0.2, 0.25) is 5.91 Å². The molecule has 1 atom stereocenters. The molecule has 0 radical (unpaired) electrons. The minimum absolute atomic E-state index is 0.175. The fourth-order valence-electron chi connectivity index (χ4n) is 3.16. The number of para-hydroxylation sites is 1. The van der Waals surface area contributed by atoms with Gasteiger partial charge in [0.15, 0.2) is 0 Å². The first-order chi connectivity index (χ1) is 11.1. The van der Waals surface area contributed by atoms with Crippen molar-refractivity contribution >= 4 is 11.6 Å². The summed E-state index contributed by atoms with van der Waals surface area (Å²) < 4.78 is 1.92. The first-order valence-electron chi connectivity index (χ1n) is 8.25. The van der Waals surface area contributed by atoms with Gasteiger partial charge >= 0.3 is 0 Å². The fourth-order valence-corrected chi connectivity index (χ4v) is 3.16. The van der Waals surface area contributed by atoms with E-state index in [0.717, 1.165) is 48.7 Å². The topological polar surface area (TPSA) is 50.2 Å². The number of aryl methyl sites for hydroxylation is 1. The van der Waals surface area contributed by atoms with Crippen LogP contribution in [0.3, 0.4) is 0 Å². The molecule has 23 heavy (non-hydrogen) atoms. The van der Waals surface area contributed by atoms with Crippen LogP contribution in [-0.4, -0.2) is 39.7 Å². The molecule has 1 aliphatic rings. The molecule has 1 aliphatic heterocycles. The summed E-state index contributed by atoms with van der Waals surface area (Å²) >= 11 is 0. The van der Waals surface area contributed by atoms with Gasteiger partial charge in [0.1, 0.15) is 6.04 Å². The second-order valence-corrected chi connectivity index (χ2v) is 6.19. The van der Waals surface area contributed by atoms with Gasteiger partial charge in [-0.1, -0.05) is 18.2 Å². The zero-order valence-corrected chi connectivity index (χ0v) is 14.0. The third-order valence-electron chi connectivity index (χ3n) is 4.44. The standard InChI is InChI=1S/C18H24N4O/c1-13-17(19-14(2)18(23)21-11-7-8-12-21)15(3)22(20-13)16-9-5-4-6-10-16/h4-6,9-10,14,19H,7-8,11-12H2,1-3H3. The van der Waals surface area contributed by atoms with Crippen LogP contribution >= 0.6 is 0 Å². The highest BCUT2D eigenvalue weighted by atomic mass is 16.2. The van der Waals surface area contributed by atoms with Crippen molar-refractivity contribution in [1.29, 1.82) is 0 Å². The van der Waals surface area contributed by atoms with Gasteiger partial charge in [0.25, 0.3) is 0 Å². The predicted octanol–water partition coefficient (Wildman–Crippen LogP) is 2.91. The number of rotatable bonds is 4. The molecule has 1 aromatic carbocycles. The van der Waals surface area contributed by atoms with Crippen LogP contribution in [0.4, 0.5) is 5.69 Å². The molecule has 1 aromatic heterocycles. The average molecular weight is 312 g/mol. The molecule has 1 saturated heterocycles. The number of nitrogens with zero attached hydrogens (tertiary/aromatic N) is 3. The molecular formula is C18H24N4O. The van der Waals surface area contributed by atoms with E-state index in [-0.39, 0.29) is 11.9 Å². The van der Waals surface area contributed by atoms with Gasteiger partial charge in [-0.15, -0.1) is 0 Å². The molecule has 0 spiro atoms. The number of likely N-dealkylation sites (tertiary alicyclic amines) is 1. The Hall–Kier alpha value is -2.30. The van der Waals surface area contributed by atoms with E-state index in [2.05, 4.69) is 10.4 Å². The van der Waals surface area contributed by atoms with E-state index in [1.807, 2.05) is 60.7 Å². The summed E-state index contributed by atoms with van der Waals surface area (Å²) in [6, 6.07) is 9.81. The maximum absolute atomic E-state index is 12.5. The number of amides is 1. The minimum atomic E-state index is -0.237. The van der Waals surface area contributed by atoms with Crippen LogP contribution < -0.4 is 5.32 Å². The molecule has 0 saturated carbocycles. The van der Waals surface area contributed by atoms with Crippen molar-refractivity contribution in [3.8, 4) is 5.69 Å². The zero-order chi connectivity index (χ0) is 16.4. The Balaban J connectivity index is 1.80. The molecule has 2 heterocycles. The normalized spacial score (nSPS) is 15.7. The van der Waals surface area contributed by atoms with Crippen molar-refractivity contribution in [2.45, 2.75) is 39.7 Å². The van der Waals surface area contributed by atoms with Crippen LogP contribution in [0, 0.1) is 13.8 Å². The van der Waals surface area contributed by atoms with Gasteiger partial charge in [-0.25, -0.2) is 4.68 Å². The van der Waals surface area contributed by atoms with Gasteiger partial charge in [0.05, 0.1) is 22.8 Å². The molecule has 1 amide bonds. The molecule has 122 valence electrons. The van der Waals surface area contributed by atoms with Crippen LogP contribution in [-0.2, 0) is 4.79 Å². The number of nitrogens with one attached hydrogen (secondary N) is 1. The lowest BCUT2D eigenvalue weighted by molar-refractivity contribution is -0.130. The number of hydrogen-bond acceptors (Lipinski definition) is 3. The zero-order valence-electron chi connectivity index (χ0n) is 14.0. The van der Waals surface area contributed by atoms with Crippen molar-refractivity contribution in [3.63, 3.8) is 0 Å². The van der Waals surface area contributed by atoms with Crippen LogP contribution in [0.2, 0.25) is 0 Å². The van der Waals surface area contributed by atoms with Gasteiger partial charge < -0.3 is 10.2 Å². The highest BCUT2D eigenvalue weighted by Crippen LogP contribution is 2.24. The second kappa shape index (κ2) is 6.44. The van der Waals surface area contributed by atoms with Crippen LogP contribution in [0.1, 0.15) is 31.2 Å². The van der Waals surface area contributed by atoms with Crippen molar-refractivity contribution < 1.29 is 4.79 Å². The molecular weight excluding hydrogens is 288 g/mol. The van der Waals surface area contributed by atoms with Gasteiger partial charge in [0, 0.05) is 13.1 Å². The van der Waals surface area contributed by atoms with E-state index in [1.54, 1.807) is 0 Å². The van der Waals surface area contributed by atoms with Crippen LogP contribution in [0.5, 0.6) is 0 Å². The Bertz CT molecular complexity index is 687. The molecule has 3 rings (SSSR count). The molecule has 5 nitrogen and oxygen atoms in total. The molecule has 1 N–H and O–H groups in total. The number of anilines is 1. The summed E-state index contributed by atoms with van der Waals surface area (Å²) in [5, 5.41) is 7.99. The molecule has 1 unspecified atom stereocenters. The minimum Gasteiger partial charge on any atom is -0.371 e. The Morgan fingerprint density at radius 1 is 1.17 bits per heavy atom. The summed E-state index contributed by atoms with van der Waals surface area (Å²) in [5.74, 6) is 0.175. The lowest BCUT2D eigenvalue weighted by atomic mass is 10.2. The number of benzene rings is 1. The van der Waals surface area contributed by atoms with E-state index in [4.69, 9.17) is 0 Å². The third-order valence-corrected chi connectivity index (χ3v) is 4.44. The number of carbonyl (C=O) groups is 1. The number of aromatic nitrogens is 2. The highest BCUT2D eigenvalue weighted by Gasteiger charge is 2.24. The monoisotopic (exact) mass is 312 g/mol. The van der Waals surface area contributed by atoms with E-state index >= 15 is 0 Å².